The third kappa shape index (κ3) is 5.03. The number of benzene rings is 2. The smallest absolute Gasteiger partial charge is 0.270 e. The Kier molecular flexibility index (Phi) is 6.20. The minimum absolute atomic E-state index is 0.0459. The maximum Gasteiger partial charge on any atom is 0.270 e. The fourth-order valence-electron chi connectivity index (χ4n) is 2.32. The number of nitrogens with one attached hydrogen (secondary N) is 2. The molecule has 10 nitrogen and oxygen atoms in total. The van der Waals surface area contributed by atoms with Gasteiger partial charge in [0, 0.05) is 28.2 Å². The highest BCUT2D eigenvalue weighted by atomic mass is 35.5. The van der Waals surface area contributed by atoms with E-state index in [1.807, 2.05) is 0 Å². The van der Waals surface area contributed by atoms with Crippen LogP contribution in [-0.4, -0.2) is 24.0 Å². The van der Waals surface area contributed by atoms with E-state index in [9.17, 15) is 18.5 Å². The quantitative estimate of drug-likeness (QED) is 0.271. The van der Waals surface area contributed by atoms with Gasteiger partial charge in [-0.2, -0.15) is 5.10 Å². The van der Waals surface area contributed by atoms with Gasteiger partial charge in [0.05, 0.1) is 22.0 Å². The van der Waals surface area contributed by atoms with Crippen LogP contribution in [0.5, 0.6) is 0 Å². The molecule has 0 amide bonds. The molecule has 30 heavy (non-hydrogen) atoms. The first-order valence-electron chi connectivity index (χ1n) is 8.24. The third-order valence-corrected chi connectivity index (χ3v) is 6.15. The van der Waals surface area contributed by atoms with Crippen molar-refractivity contribution in [2.45, 2.75) is 11.8 Å². The maximum absolute atomic E-state index is 12.9. The van der Waals surface area contributed by atoms with Crippen molar-refractivity contribution in [1.82, 2.24) is 4.98 Å². The molecule has 0 aliphatic heterocycles. The first-order chi connectivity index (χ1) is 14.2. The van der Waals surface area contributed by atoms with Crippen LogP contribution >= 0.6 is 22.9 Å². The summed E-state index contributed by atoms with van der Waals surface area (Å²) in [6, 6.07) is 9.36. The van der Waals surface area contributed by atoms with Crippen molar-refractivity contribution in [2.24, 2.45) is 5.10 Å². The van der Waals surface area contributed by atoms with Crippen LogP contribution in [0.1, 0.15) is 12.6 Å². The number of anilines is 3. The SMILES string of the molecule is C/C(=N\Nc1ccc([N+](=O)[O-])cc1S(=O)(=O)Nc1ccc(Cl)cc1)c1csc(N)n1. The molecule has 3 aromatic rings. The molecule has 1 heterocycles. The van der Waals surface area contributed by atoms with E-state index in [0.29, 0.717) is 21.6 Å². The standard InChI is InChI=1S/C17H15ClN6O4S2/c1-10(15-9-29-17(19)20-15)21-22-14-7-6-13(24(25)26)8-16(14)30(27,28)23-12-4-2-11(18)3-5-12/h2-9,22-23H,1H3,(H2,19,20)/b21-10+. The van der Waals surface area contributed by atoms with E-state index in [0.717, 1.165) is 6.07 Å². The Morgan fingerprint density at radius 3 is 2.57 bits per heavy atom. The summed E-state index contributed by atoms with van der Waals surface area (Å²) in [6.07, 6.45) is 0. The van der Waals surface area contributed by atoms with Gasteiger partial charge < -0.3 is 5.73 Å². The number of non-ortho nitro benzene ring substituents is 1. The number of nitrogens with zero attached hydrogens (tertiary/aromatic N) is 3. The average molecular weight is 467 g/mol. The van der Waals surface area contributed by atoms with Gasteiger partial charge in [-0.25, -0.2) is 13.4 Å². The largest absolute Gasteiger partial charge is 0.375 e. The van der Waals surface area contributed by atoms with Crippen molar-refractivity contribution in [3.63, 3.8) is 0 Å². The van der Waals surface area contributed by atoms with Gasteiger partial charge in [-0.3, -0.25) is 20.3 Å². The van der Waals surface area contributed by atoms with E-state index < -0.39 is 14.9 Å². The summed E-state index contributed by atoms with van der Waals surface area (Å²) in [4.78, 5) is 14.2. The Hall–Kier alpha value is -3.22. The van der Waals surface area contributed by atoms with Crippen LogP contribution in [0.15, 0.2) is 57.8 Å². The predicted molar refractivity (Wildman–Crippen MR) is 118 cm³/mol. The van der Waals surface area contributed by atoms with Gasteiger partial charge in [0.2, 0.25) is 0 Å². The van der Waals surface area contributed by atoms with Crippen LogP contribution in [0.2, 0.25) is 5.02 Å². The van der Waals surface area contributed by atoms with Crippen LogP contribution < -0.4 is 15.9 Å². The molecule has 0 saturated heterocycles. The van der Waals surface area contributed by atoms with Crippen LogP contribution in [0.4, 0.5) is 22.2 Å². The molecular formula is C17H15ClN6O4S2. The number of nitrogen functional groups attached to an aromatic ring is 1. The van der Waals surface area contributed by atoms with Gasteiger partial charge in [0.15, 0.2) is 5.13 Å². The number of rotatable bonds is 7. The zero-order valence-electron chi connectivity index (χ0n) is 15.4. The third-order valence-electron chi connectivity index (χ3n) is 3.80. The monoisotopic (exact) mass is 466 g/mol. The second-order valence-electron chi connectivity index (χ2n) is 5.93. The maximum atomic E-state index is 12.9. The summed E-state index contributed by atoms with van der Waals surface area (Å²) >= 11 is 7.05. The predicted octanol–water partition coefficient (Wildman–Crippen LogP) is 3.92. The molecule has 0 radical (unpaired) electrons. The van der Waals surface area contributed by atoms with Gasteiger partial charge >= 0.3 is 0 Å². The molecule has 0 spiro atoms. The van der Waals surface area contributed by atoms with Crippen LogP contribution in [0.25, 0.3) is 0 Å². The number of thiazole rings is 1. The van der Waals surface area contributed by atoms with Gasteiger partial charge in [-0.05, 0) is 37.3 Å². The fourth-order valence-corrected chi connectivity index (χ4v) is 4.29. The number of hydrazone groups is 1. The van der Waals surface area contributed by atoms with E-state index in [-0.39, 0.29) is 22.0 Å². The molecule has 156 valence electrons. The topological polar surface area (TPSA) is 153 Å². The van der Waals surface area contributed by atoms with Gasteiger partial charge in [-0.1, -0.05) is 11.6 Å². The number of sulfonamides is 1. The lowest BCUT2D eigenvalue weighted by atomic mass is 10.3. The number of nitrogens with two attached hydrogens (primary N) is 1. The fraction of sp³-hybridized carbons (Fsp3) is 0.0588. The lowest BCUT2D eigenvalue weighted by Crippen LogP contribution is -2.15. The van der Waals surface area contributed by atoms with E-state index >= 15 is 0 Å². The molecule has 0 bridgehead atoms. The highest BCUT2D eigenvalue weighted by Crippen LogP contribution is 2.29. The van der Waals surface area contributed by atoms with Crippen molar-refractivity contribution in [3.8, 4) is 0 Å². The van der Waals surface area contributed by atoms with Crippen molar-refractivity contribution < 1.29 is 13.3 Å². The van der Waals surface area contributed by atoms with Crippen LogP contribution in [0, 0.1) is 10.1 Å². The number of hydrogen-bond donors (Lipinski definition) is 3. The van der Waals surface area contributed by atoms with E-state index in [1.165, 1.54) is 47.7 Å². The molecule has 13 heteroatoms. The molecule has 0 unspecified atom stereocenters. The lowest BCUT2D eigenvalue weighted by molar-refractivity contribution is -0.385. The Balaban J connectivity index is 1.97. The summed E-state index contributed by atoms with van der Waals surface area (Å²) in [7, 11) is -4.18. The minimum Gasteiger partial charge on any atom is -0.375 e. The van der Waals surface area contributed by atoms with E-state index in [4.69, 9.17) is 17.3 Å². The van der Waals surface area contributed by atoms with E-state index in [2.05, 4.69) is 20.2 Å². The Morgan fingerprint density at radius 1 is 1.27 bits per heavy atom. The zero-order chi connectivity index (χ0) is 21.9. The molecule has 4 N–H and O–H groups in total. The second kappa shape index (κ2) is 8.65. The molecule has 0 atom stereocenters. The van der Waals surface area contributed by atoms with Crippen molar-refractivity contribution in [3.05, 3.63) is 68.7 Å². The summed E-state index contributed by atoms with van der Waals surface area (Å²) in [5, 5.41) is 17.8. The number of nitro groups is 1. The molecule has 2 aromatic carbocycles. The Labute approximate surface area is 180 Å². The lowest BCUT2D eigenvalue weighted by Gasteiger charge is -2.12. The number of aromatic nitrogens is 1. The van der Waals surface area contributed by atoms with Crippen molar-refractivity contribution >= 4 is 60.9 Å². The average Bonchev–Trinajstić information content (AvgIpc) is 3.14. The van der Waals surface area contributed by atoms with Gasteiger partial charge in [0.1, 0.15) is 4.90 Å². The van der Waals surface area contributed by atoms with Crippen molar-refractivity contribution in [1.29, 1.82) is 0 Å². The summed E-state index contributed by atoms with van der Waals surface area (Å²) < 4.78 is 28.2. The molecule has 0 aliphatic rings. The van der Waals surface area contributed by atoms with Crippen molar-refractivity contribution in [2.75, 3.05) is 15.9 Å². The molecule has 0 aliphatic carbocycles. The molecule has 0 fully saturated rings. The molecule has 1 aromatic heterocycles. The summed E-state index contributed by atoms with van der Waals surface area (Å²) in [5.41, 5.74) is 9.13. The van der Waals surface area contributed by atoms with Crippen LogP contribution in [-0.2, 0) is 10.0 Å². The highest BCUT2D eigenvalue weighted by Gasteiger charge is 2.23. The Morgan fingerprint density at radius 2 is 1.97 bits per heavy atom. The van der Waals surface area contributed by atoms with Gasteiger partial charge in [0.25, 0.3) is 15.7 Å². The number of nitro benzene ring substituents is 1. The second-order valence-corrected chi connectivity index (χ2v) is 8.91. The normalized spacial score (nSPS) is 11.9. The first-order valence-corrected chi connectivity index (χ1v) is 11.0. The highest BCUT2D eigenvalue weighted by molar-refractivity contribution is 7.92. The molecule has 3 rings (SSSR count). The summed E-state index contributed by atoms with van der Waals surface area (Å²) in [5.74, 6) is 0. The minimum atomic E-state index is -4.18. The number of hydrogen-bond acceptors (Lipinski definition) is 9. The molecular weight excluding hydrogens is 452 g/mol. The van der Waals surface area contributed by atoms with Crippen LogP contribution in [0.3, 0.4) is 0 Å². The number of halogens is 1. The molecule has 0 saturated carbocycles. The Bertz CT molecular complexity index is 1230. The summed E-state index contributed by atoms with van der Waals surface area (Å²) in [6.45, 7) is 1.66. The van der Waals surface area contributed by atoms with Gasteiger partial charge in [-0.15, -0.1) is 11.3 Å². The first kappa shape index (κ1) is 21.5. The zero-order valence-corrected chi connectivity index (χ0v) is 17.8. The van der Waals surface area contributed by atoms with E-state index in [1.54, 1.807) is 12.3 Å².